The van der Waals surface area contributed by atoms with Crippen molar-refractivity contribution in [3.63, 3.8) is 0 Å². The van der Waals surface area contributed by atoms with Crippen LogP contribution in [0.1, 0.15) is 13.8 Å². The molecule has 0 saturated carbocycles. The van der Waals surface area contributed by atoms with Gasteiger partial charge in [-0.25, -0.2) is 0 Å². The summed E-state index contributed by atoms with van der Waals surface area (Å²) < 4.78 is 36.7. The highest BCUT2D eigenvalue weighted by Crippen LogP contribution is 2.33. The van der Waals surface area contributed by atoms with Crippen molar-refractivity contribution in [1.82, 2.24) is 4.99 Å². The fourth-order valence-corrected chi connectivity index (χ4v) is 1.00. The molecule has 1 heterocycles. The maximum atomic E-state index is 12.2. The van der Waals surface area contributed by atoms with Gasteiger partial charge in [-0.2, -0.15) is 13.2 Å². The van der Waals surface area contributed by atoms with Crippen molar-refractivity contribution in [1.29, 1.82) is 0 Å². The van der Waals surface area contributed by atoms with Crippen LogP contribution in [0.2, 0.25) is 0 Å². The third kappa shape index (κ3) is 1.57. The molecule has 0 aromatic heterocycles. The molecule has 0 fully saturated rings. The SMILES string of the molecule is CC1=[C][C]=[N+]C(C)=C1C(F)(F)F. The van der Waals surface area contributed by atoms with E-state index in [9.17, 15) is 13.2 Å². The van der Waals surface area contributed by atoms with Crippen LogP contribution >= 0.6 is 0 Å². The quantitative estimate of drug-likeness (QED) is 0.531. The van der Waals surface area contributed by atoms with E-state index < -0.39 is 11.7 Å². The van der Waals surface area contributed by atoms with Crippen LogP contribution in [0, 0.1) is 6.08 Å². The van der Waals surface area contributed by atoms with Gasteiger partial charge in [-0.05, 0) is 12.5 Å². The van der Waals surface area contributed by atoms with Crippen LogP contribution in [0.25, 0.3) is 0 Å². The monoisotopic (exact) mass is 173 g/mol. The van der Waals surface area contributed by atoms with Crippen molar-refractivity contribution in [2.45, 2.75) is 20.0 Å². The molecular weight excluding hydrogens is 167 g/mol. The Bertz CT molecular complexity index is 281. The minimum Gasteiger partial charge on any atom is -0.166 e. The van der Waals surface area contributed by atoms with Crippen LogP contribution < -0.4 is 4.99 Å². The van der Waals surface area contributed by atoms with Gasteiger partial charge in [0, 0.05) is 6.92 Å². The normalized spacial score (nSPS) is 18.2. The average Bonchev–Trinajstić information content (AvgIpc) is 1.82. The molecule has 12 heavy (non-hydrogen) atoms. The third-order valence-electron chi connectivity index (χ3n) is 1.49. The second kappa shape index (κ2) is 2.77. The maximum Gasteiger partial charge on any atom is 0.422 e. The topological polar surface area (TPSA) is 14.1 Å². The molecule has 0 aromatic rings. The number of rotatable bonds is 0. The first-order valence-corrected chi connectivity index (χ1v) is 3.26. The largest absolute Gasteiger partial charge is 0.422 e. The van der Waals surface area contributed by atoms with Crippen molar-refractivity contribution < 1.29 is 13.2 Å². The average molecular weight is 173 g/mol. The molecule has 4 heteroatoms. The van der Waals surface area contributed by atoms with E-state index >= 15 is 0 Å². The standard InChI is InChI=1S/C8H6F3N/c1-5-3-4-12-6(2)7(5)8(9,10)11/h1-2H3/q+1. The Kier molecular flexibility index (Phi) is 2.08. The number of hydrogen-bond donors (Lipinski definition) is 0. The lowest BCUT2D eigenvalue weighted by Gasteiger charge is -2.09. The fourth-order valence-electron chi connectivity index (χ4n) is 1.00. The lowest BCUT2D eigenvalue weighted by atomic mass is 10.0. The van der Waals surface area contributed by atoms with Crippen LogP contribution in [0.15, 0.2) is 16.8 Å². The maximum absolute atomic E-state index is 12.2. The Hall–Kier alpha value is -1.06. The van der Waals surface area contributed by atoms with E-state index in [0.29, 0.717) is 0 Å². The first-order chi connectivity index (χ1) is 5.43. The van der Waals surface area contributed by atoms with Crippen molar-refractivity contribution in [3.05, 3.63) is 22.9 Å². The molecular formula is C8H6F3N+. The second-order valence-corrected chi connectivity index (χ2v) is 2.43. The van der Waals surface area contributed by atoms with E-state index in [1.54, 1.807) is 0 Å². The molecule has 0 amide bonds. The summed E-state index contributed by atoms with van der Waals surface area (Å²) in [6.07, 6.45) is 0.217. The first-order valence-electron chi connectivity index (χ1n) is 3.26. The van der Waals surface area contributed by atoms with Gasteiger partial charge < -0.3 is 0 Å². The summed E-state index contributed by atoms with van der Waals surface area (Å²) >= 11 is 0. The van der Waals surface area contributed by atoms with Gasteiger partial charge in [-0.15, -0.1) is 0 Å². The molecule has 0 atom stereocenters. The Labute approximate surface area is 68.3 Å². The lowest BCUT2D eigenvalue weighted by Crippen LogP contribution is -2.18. The molecule has 1 aliphatic rings. The van der Waals surface area contributed by atoms with Crippen LogP contribution in [0.4, 0.5) is 13.2 Å². The number of alkyl halides is 3. The van der Waals surface area contributed by atoms with Gasteiger partial charge >= 0.3 is 12.4 Å². The van der Waals surface area contributed by atoms with E-state index in [1.165, 1.54) is 13.8 Å². The van der Waals surface area contributed by atoms with Gasteiger partial charge in [0.15, 0.2) is 0 Å². The predicted molar refractivity (Wildman–Crippen MR) is 38.3 cm³/mol. The van der Waals surface area contributed by atoms with Crippen molar-refractivity contribution in [2.24, 2.45) is 0 Å². The zero-order valence-corrected chi connectivity index (χ0v) is 6.58. The Morgan fingerprint density at radius 2 is 1.83 bits per heavy atom. The molecule has 1 aliphatic heterocycles. The summed E-state index contributed by atoms with van der Waals surface area (Å²) in [5.74, 6) is 0. The highest BCUT2D eigenvalue weighted by Gasteiger charge is 2.41. The van der Waals surface area contributed by atoms with Crippen LogP contribution in [0.5, 0.6) is 0 Å². The van der Waals surface area contributed by atoms with Gasteiger partial charge in [0.2, 0.25) is 0 Å². The smallest absolute Gasteiger partial charge is 0.166 e. The zero-order chi connectivity index (χ0) is 9.35. The van der Waals surface area contributed by atoms with E-state index in [1.807, 2.05) is 0 Å². The zero-order valence-electron chi connectivity index (χ0n) is 6.58. The van der Waals surface area contributed by atoms with Gasteiger partial charge in [-0.1, -0.05) is 0 Å². The van der Waals surface area contributed by atoms with Gasteiger partial charge in [0.1, 0.15) is 5.57 Å². The number of nitrogens with zero attached hydrogens (tertiary/aromatic N) is 1. The predicted octanol–water partition coefficient (Wildman–Crippen LogP) is 1.87. The minimum atomic E-state index is -4.34. The van der Waals surface area contributed by atoms with Crippen LogP contribution in [-0.4, -0.2) is 12.4 Å². The lowest BCUT2D eigenvalue weighted by molar-refractivity contribution is -0.0903. The van der Waals surface area contributed by atoms with Gasteiger partial charge in [0.25, 0.3) is 5.70 Å². The molecule has 0 aliphatic carbocycles. The highest BCUT2D eigenvalue weighted by molar-refractivity contribution is 5.71. The summed E-state index contributed by atoms with van der Waals surface area (Å²) in [6.45, 7) is 2.65. The summed E-state index contributed by atoms with van der Waals surface area (Å²) in [5, 5.41) is 0. The van der Waals surface area contributed by atoms with E-state index in [2.05, 4.69) is 17.3 Å². The van der Waals surface area contributed by atoms with Crippen molar-refractivity contribution in [2.75, 3.05) is 0 Å². The van der Waals surface area contributed by atoms with Crippen molar-refractivity contribution >= 4 is 6.21 Å². The molecule has 1 rings (SSSR count). The van der Waals surface area contributed by atoms with Crippen molar-refractivity contribution in [3.8, 4) is 0 Å². The molecule has 1 nitrogen and oxygen atoms in total. The molecule has 0 spiro atoms. The summed E-state index contributed by atoms with van der Waals surface area (Å²) in [5.41, 5.74) is -0.727. The minimum absolute atomic E-state index is 0.0370. The number of allylic oxidation sites excluding steroid dienone is 4. The van der Waals surface area contributed by atoms with E-state index in [4.69, 9.17) is 0 Å². The molecule has 0 N–H and O–H groups in total. The summed E-state index contributed by atoms with van der Waals surface area (Å²) in [4.78, 5) is 3.41. The first kappa shape index (κ1) is 9.03. The Balaban J connectivity index is 3.18. The van der Waals surface area contributed by atoms with Crippen LogP contribution in [0.3, 0.4) is 0 Å². The molecule has 63 valence electrons. The molecule has 0 saturated heterocycles. The number of aliphatic imine (C=N–C) groups is 1. The molecule has 0 bridgehead atoms. The number of halogens is 3. The van der Waals surface area contributed by atoms with Gasteiger partial charge in [-0.3, -0.25) is 0 Å². The third-order valence-corrected chi connectivity index (χ3v) is 1.49. The molecule has 0 unspecified atom stereocenters. The highest BCUT2D eigenvalue weighted by atomic mass is 19.4. The summed E-state index contributed by atoms with van der Waals surface area (Å²) in [6, 6.07) is 0. The van der Waals surface area contributed by atoms with Crippen LogP contribution in [-0.2, 0) is 0 Å². The van der Waals surface area contributed by atoms with E-state index in [0.717, 1.165) is 0 Å². The van der Waals surface area contributed by atoms with E-state index in [-0.39, 0.29) is 11.3 Å². The molecule has 3 radical (unpaired) electrons. The number of hydrogen-bond acceptors (Lipinski definition) is 1. The Morgan fingerprint density at radius 3 is 2.17 bits per heavy atom. The second-order valence-electron chi connectivity index (χ2n) is 2.43. The molecule has 0 aromatic carbocycles. The fraction of sp³-hybridized carbons (Fsp3) is 0.375. The van der Waals surface area contributed by atoms with Gasteiger partial charge in [0.05, 0.1) is 11.1 Å². The Morgan fingerprint density at radius 1 is 1.25 bits per heavy atom. The summed E-state index contributed by atoms with van der Waals surface area (Å²) in [7, 11) is 0.